The lowest BCUT2D eigenvalue weighted by Crippen LogP contribution is -2.60. The van der Waals surface area contributed by atoms with Crippen molar-refractivity contribution in [2.75, 3.05) is 19.7 Å². The number of aryl methyl sites for hydroxylation is 1. The normalized spacial score (nSPS) is 16.8. The quantitative estimate of drug-likeness (QED) is 0.333. The average molecular weight is 461 g/mol. The summed E-state index contributed by atoms with van der Waals surface area (Å²) in [5, 5.41) is 2.74. The molecule has 33 heavy (non-hydrogen) atoms. The van der Waals surface area contributed by atoms with E-state index in [4.69, 9.17) is 9.47 Å². The van der Waals surface area contributed by atoms with Crippen molar-refractivity contribution in [3.63, 3.8) is 0 Å². The topological polar surface area (TPSA) is 84.9 Å². The van der Waals surface area contributed by atoms with Crippen molar-refractivity contribution in [1.29, 1.82) is 0 Å². The highest BCUT2D eigenvalue weighted by molar-refractivity contribution is 5.93. The number of hydrogen-bond acceptors (Lipinski definition) is 5. The van der Waals surface area contributed by atoms with E-state index < -0.39 is 18.1 Å². The summed E-state index contributed by atoms with van der Waals surface area (Å²) in [5.74, 6) is -0.512. The van der Waals surface area contributed by atoms with E-state index in [1.807, 2.05) is 31.2 Å². The van der Waals surface area contributed by atoms with Crippen LogP contribution in [0.25, 0.3) is 0 Å². The molecule has 1 heterocycles. The molecule has 0 radical (unpaired) electrons. The zero-order valence-electron chi connectivity index (χ0n) is 20.4. The first-order valence-electron chi connectivity index (χ1n) is 12.4. The number of ether oxygens (including phenoxy) is 2. The largest absolute Gasteiger partial charge is 0.481 e. The SMILES string of the molecule is CCCCCCCCCCOC(=O)CC1C(=O)NCCN1C(=O)C(C)Oc1ccc(C)cc1. The molecule has 0 aliphatic carbocycles. The van der Waals surface area contributed by atoms with Crippen LogP contribution in [0.3, 0.4) is 0 Å². The Hall–Kier alpha value is -2.57. The van der Waals surface area contributed by atoms with Crippen molar-refractivity contribution in [3.8, 4) is 5.75 Å². The second kappa shape index (κ2) is 14.6. The van der Waals surface area contributed by atoms with Gasteiger partial charge in [-0.25, -0.2) is 0 Å². The first kappa shape index (κ1) is 26.7. The Kier molecular flexibility index (Phi) is 11.8. The van der Waals surface area contributed by atoms with Gasteiger partial charge < -0.3 is 19.7 Å². The molecular weight excluding hydrogens is 420 g/mol. The van der Waals surface area contributed by atoms with Crippen LogP contribution >= 0.6 is 0 Å². The number of hydrogen-bond donors (Lipinski definition) is 1. The predicted molar refractivity (Wildman–Crippen MR) is 128 cm³/mol. The summed E-state index contributed by atoms with van der Waals surface area (Å²) in [4.78, 5) is 39.2. The Labute approximate surface area is 198 Å². The molecule has 1 saturated heterocycles. The maximum absolute atomic E-state index is 13.0. The van der Waals surface area contributed by atoms with Crippen LogP contribution < -0.4 is 10.1 Å². The Balaban J connectivity index is 1.77. The number of piperazine rings is 1. The molecular formula is C26H40N2O5. The monoisotopic (exact) mass is 460 g/mol. The van der Waals surface area contributed by atoms with Crippen LogP contribution in [0.2, 0.25) is 0 Å². The lowest BCUT2D eigenvalue weighted by molar-refractivity contribution is -0.154. The lowest BCUT2D eigenvalue weighted by Gasteiger charge is -2.36. The second-order valence-corrected chi connectivity index (χ2v) is 8.81. The number of carbonyl (C=O) groups excluding carboxylic acids is 3. The van der Waals surface area contributed by atoms with Gasteiger partial charge in [-0.2, -0.15) is 0 Å². The van der Waals surface area contributed by atoms with Gasteiger partial charge in [0.05, 0.1) is 13.0 Å². The molecule has 0 aromatic heterocycles. The maximum Gasteiger partial charge on any atom is 0.308 e. The van der Waals surface area contributed by atoms with Crippen molar-refractivity contribution in [2.24, 2.45) is 0 Å². The molecule has 1 N–H and O–H groups in total. The number of unbranched alkanes of at least 4 members (excludes halogenated alkanes) is 7. The number of benzene rings is 1. The molecule has 0 spiro atoms. The van der Waals surface area contributed by atoms with E-state index >= 15 is 0 Å². The molecule has 7 nitrogen and oxygen atoms in total. The number of rotatable bonds is 14. The fourth-order valence-corrected chi connectivity index (χ4v) is 3.93. The molecule has 7 heteroatoms. The van der Waals surface area contributed by atoms with Gasteiger partial charge in [-0.1, -0.05) is 69.6 Å². The van der Waals surface area contributed by atoms with Gasteiger partial charge in [0.2, 0.25) is 5.91 Å². The minimum absolute atomic E-state index is 0.147. The van der Waals surface area contributed by atoms with E-state index in [-0.39, 0.29) is 18.2 Å². The van der Waals surface area contributed by atoms with Crippen molar-refractivity contribution in [3.05, 3.63) is 29.8 Å². The third-order valence-corrected chi connectivity index (χ3v) is 5.92. The number of nitrogens with zero attached hydrogens (tertiary/aromatic N) is 1. The number of carbonyl (C=O) groups is 3. The van der Waals surface area contributed by atoms with E-state index in [2.05, 4.69) is 12.2 Å². The first-order chi connectivity index (χ1) is 15.9. The van der Waals surface area contributed by atoms with Crippen molar-refractivity contribution in [1.82, 2.24) is 10.2 Å². The molecule has 1 fully saturated rings. The van der Waals surface area contributed by atoms with Crippen LogP contribution in [0.5, 0.6) is 5.75 Å². The van der Waals surface area contributed by atoms with Crippen LogP contribution in [-0.2, 0) is 19.1 Å². The summed E-state index contributed by atoms with van der Waals surface area (Å²) >= 11 is 0. The number of nitrogens with one attached hydrogen (secondary N) is 1. The van der Waals surface area contributed by atoms with E-state index in [1.165, 1.54) is 37.0 Å². The van der Waals surface area contributed by atoms with Gasteiger partial charge in [0.15, 0.2) is 6.10 Å². The van der Waals surface area contributed by atoms with Crippen LogP contribution in [0.4, 0.5) is 0 Å². The predicted octanol–water partition coefficient (Wildman–Crippen LogP) is 4.16. The molecule has 1 aliphatic heterocycles. The highest BCUT2D eigenvalue weighted by atomic mass is 16.5. The first-order valence-corrected chi connectivity index (χ1v) is 12.4. The summed E-state index contributed by atoms with van der Waals surface area (Å²) in [6, 6.07) is 6.56. The molecule has 184 valence electrons. The van der Waals surface area contributed by atoms with Crippen LogP contribution in [0, 0.1) is 6.92 Å². The van der Waals surface area contributed by atoms with Crippen LogP contribution in [0.15, 0.2) is 24.3 Å². The maximum atomic E-state index is 13.0. The minimum Gasteiger partial charge on any atom is -0.481 e. The lowest BCUT2D eigenvalue weighted by atomic mass is 10.1. The molecule has 1 aromatic carbocycles. The number of amides is 2. The van der Waals surface area contributed by atoms with Gasteiger partial charge in [-0.05, 0) is 32.4 Å². The number of esters is 1. The Morgan fingerprint density at radius 3 is 2.36 bits per heavy atom. The molecule has 2 rings (SSSR count). The standard InChI is InChI=1S/C26H40N2O5/c1-4-5-6-7-8-9-10-11-18-32-24(29)19-23-25(30)27-16-17-28(23)26(31)21(3)33-22-14-12-20(2)13-15-22/h12-15,21,23H,4-11,16-19H2,1-3H3,(H,27,30). The fourth-order valence-electron chi connectivity index (χ4n) is 3.93. The fraction of sp³-hybridized carbons (Fsp3) is 0.654. The van der Waals surface area contributed by atoms with Crippen LogP contribution in [-0.4, -0.2) is 54.5 Å². The molecule has 2 unspecified atom stereocenters. The van der Waals surface area contributed by atoms with Gasteiger partial charge in [-0.3, -0.25) is 14.4 Å². The van der Waals surface area contributed by atoms with E-state index in [0.717, 1.165) is 24.8 Å². The van der Waals surface area contributed by atoms with E-state index in [1.54, 1.807) is 6.92 Å². The summed E-state index contributed by atoms with van der Waals surface area (Å²) < 4.78 is 11.1. The van der Waals surface area contributed by atoms with Crippen LogP contribution in [0.1, 0.15) is 77.2 Å². The molecule has 2 atom stereocenters. The molecule has 1 aliphatic rings. The third-order valence-electron chi connectivity index (χ3n) is 5.92. The zero-order chi connectivity index (χ0) is 24.1. The van der Waals surface area contributed by atoms with Gasteiger partial charge in [0, 0.05) is 13.1 Å². The van der Waals surface area contributed by atoms with E-state index in [9.17, 15) is 14.4 Å². The molecule has 0 bridgehead atoms. The Morgan fingerprint density at radius 2 is 1.70 bits per heavy atom. The Bertz CT molecular complexity index is 750. The van der Waals surface area contributed by atoms with Gasteiger partial charge in [-0.15, -0.1) is 0 Å². The minimum atomic E-state index is -0.874. The smallest absolute Gasteiger partial charge is 0.308 e. The highest BCUT2D eigenvalue weighted by Gasteiger charge is 2.37. The Morgan fingerprint density at radius 1 is 1.06 bits per heavy atom. The van der Waals surface area contributed by atoms with Gasteiger partial charge in [0.25, 0.3) is 5.91 Å². The highest BCUT2D eigenvalue weighted by Crippen LogP contribution is 2.17. The zero-order valence-corrected chi connectivity index (χ0v) is 20.4. The van der Waals surface area contributed by atoms with Crippen molar-refractivity contribution < 1.29 is 23.9 Å². The summed E-state index contributed by atoms with van der Waals surface area (Å²) in [5.41, 5.74) is 1.10. The molecule has 0 saturated carbocycles. The molecule has 2 amide bonds. The van der Waals surface area contributed by atoms with Crippen molar-refractivity contribution in [2.45, 2.75) is 90.7 Å². The average Bonchev–Trinajstić information content (AvgIpc) is 2.80. The van der Waals surface area contributed by atoms with Crippen molar-refractivity contribution >= 4 is 17.8 Å². The summed E-state index contributed by atoms with van der Waals surface area (Å²) in [7, 11) is 0. The third kappa shape index (κ3) is 9.44. The summed E-state index contributed by atoms with van der Waals surface area (Å²) in [6.45, 7) is 6.88. The second-order valence-electron chi connectivity index (χ2n) is 8.81. The molecule has 1 aromatic rings. The van der Waals surface area contributed by atoms with Gasteiger partial charge in [0.1, 0.15) is 11.8 Å². The van der Waals surface area contributed by atoms with Gasteiger partial charge >= 0.3 is 5.97 Å². The van der Waals surface area contributed by atoms with E-state index in [0.29, 0.717) is 25.4 Å². The summed E-state index contributed by atoms with van der Waals surface area (Å²) in [6.07, 6.45) is 8.39.